The minimum atomic E-state index is 0.622. The molecule has 0 fully saturated rings. The molecular formula is C13H12INO2. The van der Waals surface area contributed by atoms with E-state index in [4.69, 9.17) is 9.15 Å². The first-order chi connectivity index (χ1) is 8.28. The van der Waals surface area contributed by atoms with Crippen LogP contribution in [0.25, 0.3) is 11.5 Å². The molecule has 1 aromatic carbocycles. The third kappa shape index (κ3) is 2.55. The number of nitrogens with zero attached hydrogens (tertiary/aromatic N) is 1. The largest absolute Gasteiger partial charge is 0.489 e. The normalized spacial score (nSPS) is 10.1. The fourth-order valence-electron chi connectivity index (χ4n) is 1.52. The average Bonchev–Trinajstić information content (AvgIpc) is 2.82. The molecule has 0 N–H and O–H groups in total. The van der Waals surface area contributed by atoms with Gasteiger partial charge in [-0.3, -0.25) is 0 Å². The van der Waals surface area contributed by atoms with Crippen LogP contribution in [-0.2, 0) is 10.8 Å². The minimum Gasteiger partial charge on any atom is -0.489 e. The number of hydrogen-bond donors (Lipinski definition) is 0. The van der Waals surface area contributed by atoms with E-state index in [0.717, 1.165) is 27.9 Å². The molecule has 0 aliphatic rings. The number of rotatable bonds is 4. The van der Waals surface area contributed by atoms with Crippen LogP contribution in [0, 0.1) is 12.1 Å². The van der Waals surface area contributed by atoms with Crippen molar-refractivity contribution in [1.82, 2.24) is 4.98 Å². The van der Waals surface area contributed by atoms with Crippen molar-refractivity contribution in [2.24, 2.45) is 0 Å². The summed E-state index contributed by atoms with van der Waals surface area (Å²) in [6.07, 6.45) is 0.852. The number of hydrogen-bond acceptors (Lipinski definition) is 3. The zero-order valence-corrected chi connectivity index (χ0v) is 11.9. The molecule has 2 rings (SSSR count). The summed E-state index contributed by atoms with van der Waals surface area (Å²) in [5.41, 5.74) is 1.88. The SMILES string of the molecule is CCc1oc(-c2cc#cc(OC)c2)nc1CI. The zero-order chi connectivity index (χ0) is 12.3. The Balaban J connectivity index is 2.41. The minimum absolute atomic E-state index is 0.622. The third-order valence-electron chi connectivity index (χ3n) is 2.40. The molecule has 2 aromatic rings. The maximum Gasteiger partial charge on any atom is 0.227 e. The van der Waals surface area contributed by atoms with Gasteiger partial charge in [-0.2, -0.15) is 0 Å². The van der Waals surface area contributed by atoms with Gasteiger partial charge in [0, 0.05) is 28.5 Å². The van der Waals surface area contributed by atoms with E-state index in [-0.39, 0.29) is 0 Å². The van der Waals surface area contributed by atoms with Gasteiger partial charge in [0.05, 0.1) is 12.8 Å². The van der Waals surface area contributed by atoms with Gasteiger partial charge in [-0.15, -0.1) is 0 Å². The Kier molecular flexibility index (Phi) is 3.89. The van der Waals surface area contributed by atoms with Gasteiger partial charge in [-0.05, 0) is 6.07 Å². The third-order valence-corrected chi connectivity index (χ3v) is 3.12. The number of methoxy groups -OCH3 is 1. The van der Waals surface area contributed by atoms with Crippen molar-refractivity contribution >= 4 is 22.6 Å². The summed E-state index contributed by atoms with van der Waals surface area (Å²) in [5, 5.41) is 0. The van der Waals surface area contributed by atoms with Crippen molar-refractivity contribution in [2.45, 2.75) is 17.8 Å². The van der Waals surface area contributed by atoms with E-state index in [1.54, 1.807) is 13.2 Å². The number of alkyl halides is 1. The lowest BCUT2D eigenvalue weighted by Gasteiger charge is -1.96. The average molecular weight is 341 g/mol. The summed E-state index contributed by atoms with van der Waals surface area (Å²) in [4.78, 5) is 4.48. The first-order valence-electron chi connectivity index (χ1n) is 5.30. The van der Waals surface area contributed by atoms with Crippen molar-refractivity contribution < 1.29 is 9.15 Å². The molecule has 0 spiro atoms. The van der Waals surface area contributed by atoms with Gasteiger partial charge in [-0.25, -0.2) is 4.98 Å². The fourth-order valence-corrected chi connectivity index (χ4v) is 2.12. The van der Waals surface area contributed by atoms with E-state index in [2.05, 4.69) is 46.6 Å². The van der Waals surface area contributed by atoms with Crippen LogP contribution in [0.3, 0.4) is 0 Å². The van der Waals surface area contributed by atoms with Crippen LogP contribution in [-0.4, -0.2) is 12.1 Å². The quantitative estimate of drug-likeness (QED) is 0.631. The Labute approximate surface area is 114 Å². The Bertz CT molecular complexity index is 486. The molecule has 17 heavy (non-hydrogen) atoms. The highest BCUT2D eigenvalue weighted by Crippen LogP contribution is 2.25. The molecule has 0 bridgehead atoms. The van der Waals surface area contributed by atoms with E-state index < -0.39 is 0 Å². The van der Waals surface area contributed by atoms with Gasteiger partial charge >= 0.3 is 0 Å². The maximum atomic E-state index is 5.74. The monoisotopic (exact) mass is 341 g/mol. The summed E-state index contributed by atoms with van der Waals surface area (Å²) in [6.45, 7) is 2.06. The highest BCUT2D eigenvalue weighted by molar-refractivity contribution is 14.1. The molecule has 0 unspecified atom stereocenters. The molecule has 3 nitrogen and oxygen atoms in total. The predicted molar refractivity (Wildman–Crippen MR) is 73.3 cm³/mol. The molecule has 88 valence electrons. The highest BCUT2D eigenvalue weighted by atomic mass is 127. The van der Waals surface area contributed by atoms with Crippen LogP contribution in [0.4, 0.5) is 0 Å². The van der Waals surface area contributed by atoms with Gasteiger partial charge in [0.1, 0.15) is 5.76 Å². The summed E-state index contributed by atoms with van der Waals surface area (Å²) in [6, 6.07) is 9.39. The summed E-state index contributed by atoms with van der Waals surface area (Å²) >= 11 is 2.29. The van der Waals surface area contributed by atoms with E-state index >= 15 is 0 Å². The van der Waals surface area contributed by atoms with Crippen LogP contribution < -0.4 is 4.74 Å². The molecule has 1 heterocycles. The Hall–Kier alpha value is -1.22. The molecule has 0 radical (unpaired) electrons. The van der Waals surface area contributed by atoms with E-state index in [1.165, 1.54) is 0 Å². The Morgan fingerprint density at radius 2 is 2.35 bits per heavy atom. The lowest BCUT2D eigenvalue weighted by atomic mass is 10.2. The Morgan fingerprint density at radius 3 is 2.94 bits per heavy atom. The van der Waals surface area contributed by atoms with E-state index in [0.29, 0.717) is 11.6 Å². The maximum absolute atomic E-state index is 5.74. The molecule has 0 saturated carbocycles. The highest BCUT2D eigenvalue weighted by Gasteiger charge is 2.12. The van der Waals surface area contributed by atoms with Gasteiger partial charge in [0.15, 0.2) is 5.75 Å². The second-order valence-corrected chi connectivity index (χ2v) is 4.22. The van der Waals surface area contributed by atoms with Crippen LogP contribution >= 0.6 is 22.6 Å². The fraction of sp³-hybridized carbons (Fsp3) is 0.308. The molecule has 0 atom stereocenters. The van der Waals surface area contributed by atoms with E-state index in [9.17, 15) is 0 Å². The van der Waals surface area contributed by atoms with Crippen LogP contribution in [0.1, 0.15) is 18.4 Å². The second-order valence-electron chi connectivity index (χ2n) is 3.46. The van der Waals surface area contributed by atoms with Crippen molar-refractivity contribution in [3.63, 3.8) is 0 Å². The van der Waals surface area contributed by atoms with Crippen molar-refractivity contribution in [2.75, 3.05) is 7.11 Å². The molecule has 0 aliphatic heterocycles. The summed E-state index contributed by atoms with van der Waals surface area (Å²) in [7, 11) is 1.60. The van der Waals surface area contributed by atoms with Crippen molar-refractivity contribution in [3.8, 4) is 17.2 Å². The van der Waals surface area contributed by atoms with E-state index in [1.807, 2.05) is 6.07 Å². The molecule has 0 aliphatic carbocycles. The number of oxazole rings is 1. The molecule has 1 aromatic heterocycles. The first kappa shape index (κ1) is 12.2. The summed E-state index contributed by atoms with van der Waals surface area (Å²) < 4.78 is 11.7. The molecule has 0 saturated heterocycles. The second kappa shape index (κ2) is 5.41. The number of aromatic nitrogens is 1. The van der Waals surface area contributed by atoms with Gasteiger partial charge in [0.25, 0.3) is 0 Å². The van der Waals surface area contributed by atoms with Gasteiger partial charge < -0.3 is 9.15 Å². The van der Waals surface area contributed by atoms with Gasteiger partial charge in [0.2, 0.25) is 5.89 Å². The first-order valence-corrected chi connectivity index (χ1v) is 6.83. The summed E-state index contributed by atoms with van der Waals surface area (Å²) in [5.74, 6) is 2.20. The van der Waals surface area contributed by atoms with Crippen LogP contribution in [0.2, 0.25) is 0 Å². The lowest BCUT2D eigenvalue weighted by molar-refractivity contribution is 0.415. The molecular weight excluding hydrogens is 329 g/mol. The van der Waals surface area contributed by atoms with Gasteiger partial charge in [-0.1, -0.05) is 35.6 Å². The topological polar surface area (TPSA) is 35.3 Å². The number of ether oxygens (including phenoxy) is 1. The zero-order valence-electron chi connectivity index (χ0n) is 9.71. The lowest BCUT2D eigenvalue weighted by Crippen LogP contribution is -1.84. The number of aryl methyl sites for hydroxylation is 1. The predicted octanol–water partition coefficient (Wildman–Crippen LogP) is 3.45. The van der Waals surface area contributed by atoms with Crippen LogP contribution in [0.5, 0.6) is 5.75 Å². The number of halogens is 1. The van der Waals surface area contributed by atoms with Crippen LogP contribution in [0.15, 0.2) is 16.5 Å². The molecule has 0 amide bonds. The standard InChI is InChI=1S/C13H12INO2/c1-3-12-11(8-14)15-13(17-12)9-5-4-6-10(7-9)16-2/h5,7H,3,8H2,1-2H3. The van der Waals surface area contributed by atoms with Crippen molar-refractivity contribution in [1.29, 1.82) is 0 Å². The Morgan fingerprint density at radius 1 is 1.53 bits per heavy atom. The smallest absolute Gasteiger partial charge is 0.227 e. The van der Waals surface area contributed by atoms with Crippen molar-refractivity contribution in [3.05, 3.63) is 35.7 Å². The molecule has 4 heteroatoms.